The maximum absolute atomic E-state index is 13.6. The number of carbonyl (C=O) groups excluding carboxylic acids is 4. The Balaban J connectivity index is 1.64. The Morgan fingerprint density at radius 3 is 2.12 bits per heavy atom. The maximum atomic E-state index is 13.6. The summed E-state index contributed by atoms with van der Waals surface area (Å²) in [5.41, 5.74) is -1.29. The molecule has 1 aliphatic heterocycles. The van der Waals surface area contributed by atoms with E-state index in [1.54, 1.807) is 65.8 Å². The van der Waals surface area contributed by atoms with Gasteiger partial charge in [-0.25, -0.2) is 14.5 Å². The highest BCUT2D eigenvalue weighted by molar-refractivity contribution is 6.14. The van der Waals surface area contributed by atoms with Gasteiger partial charge >= 0.3 is 12.2 Å². The van der Waals surface area contributed by atoms with Crippen molar-refractivity contribution < 1.29 is 38.5 Å². The van der Waals surface area contributed by atoms with Crippen LogP contribution in [0.5, 0.6) is 11.5 Å². The lowest BCUT2D eigenvalue weighted by atomic mass is 10.1. The summed E-state index contributed by atoms with van der Waals surface area (Å²) in [5, 5.41) is 18.2. The summed E-state index contributed by atoms with van der Waals surface area (Å²) in [5.74, 6) is -0.129. The summed E-state index contributed by atoms with van der Waals surface area (Å²) in [6, 6.07) is 14.3. The number of nitrogens with zero attached hydrogens (tertiary/aromatic N) is 1. The van der Waals surface area contributed by atoms with Gasteiger partial charge in [0.05, 0.1) is 18.3 Å². The van der Waals surface area contributed by atoms with Crippen molar-refractivity contribution in [3.63, 3.8) is 0 Å². The second-order valence-electron chi connectivity index (χ2n) is 11.9. The van der Waals surface area contributed by atoms with Gasteiger partial charge in [0, 0.05) is 12.6 Å². The number of aliphatic hydroxyl groups excluding tert-OH is 1. The number of benzene rings is 2. The Labute approximate surface area is 245 Å². The molecule has 1 fully saturated rings. The molecule has 42 heavy (non-hydrogen) atoms. The smallest absolute Gasteiger partial charge is 0.421 e. The topological polar surface area (TPSA) is 156 Å². The average Bonchev–Trinajstić information content (AvgIpc) is 3.35. The summed E-state index contributed by atoms with van der Waals surface area (Å²) in [7, 11) is 0. The van der Waals surface area contributed by atoms with Gasteiger partial charge in [0.1, 0.15) is 28.8 Å². The third-order valence-corrected chi connectivity index (χ3v) is 5.79. The van der Waals surface area contributed by atoms with Crippen molar-refractivity contribution >= 4 is 29.7 Å². The summed E-state index contributed by atoms with van der Waals surface area (Å²) >= 11 is 0. The van der Waals surface area contributed by atoms with E-state index in [-0.39, 0.29) is 25.2 Å². The lowest BCUT2D eigenvalue weighted by Gasteiger charge is -2.28. The fourth-order valence-corrected chi connectivity index (χ4v) is 3.99. The first kappa shape index (κ1) is 32.4. The van der Waals surface area contributed by atoms with Crippen LogP contribution in [0.15, 0.2) is 54.6 Å². The molecule has 12 nitrogen and oxygen atoms in total. The molecule has 4 N–H and O–H groups in total. The molecule has 1 saturated heterocycles. The van der Waals surface area contributed by atoms with Gasteiger partial charge in [-0.05, 0) is 84.4 Å². The van der Waals surface area contributed by atoms with Crippen molar-refractivity contribution in [3.05, 3.63) is 54.6 Å². The molecule has 0 saturated carbocycles. The van der Waals surface area contributed by atoms with E-state index in [9.17, 15) is 24.3 Å². The Bertz CT molecular complexity index is 1240. The molecular formula is C30H40N4O8. The third-order valence-electron chi connectivity index (χ3n) is 5.79. The number of anilines is 1. The van der Waals surface area contributed by atoms with Gasteiger partial charge in [-0.1, -0.05) is 18.2 Å². The van der Waals surface area contributed by atoms with Gasteiger partial charge in [0.2, 0.25) is 0 Å². The van der Waals surface area contributed by atoms with Crippen molar-refractivity contribution in [2.75, 3.05) is 18.0 Å². The number of carbonyl (C=O) groups is 4. The number of imide groups is 1. The zero-order chi connectivity index (χ0) is 31.1. The van der Waals surface area contributed by atoms with Crippen molar-refractivity contribution in [2.24, 2.45) is 0 Å². The molecular weight excluding hydrogens is 544 g/mol. The fourth-order valence-electron chi connectivity index (χ4n) is 3.99. The predicted octanol–water partition coefficient (Wildman–Crippen LogP) is 3.48. The Kier molecular flexibility index (Phi) is 10.5. The minimum atomic E-state index is -1.53. The monoisotopic (exact) mass is 584 g/mol. The average molecular weight is 585 g/mol. The van der Waals surface area contributed by atoms with Crippen LogP contribution in [-0.4, -0.2) is 71.6 Å². The van der Waals surface area contributed by atoms with Gasteiger partial charge in [-0.15, -0.1) is 0 Å². The first-order chi connectivity index (χ1) is 19.6. The molecule has 12 heteroatoms. The van der Waals surface area contributed by atoms with Crippen LogP contribution >= 0.6 is 0 Å². The van der Waals surface area contributed by atoms with Crippen LogP contribution in [0.4, 0.5) is 15.3 Å². The maximum Gasteiger partial charge on any atom is 0.421 e. The number of para-hydroxylation sites is 1. The van der Waals surface area contributed by atoms with Crippen LogP contribution in [0.25, 0.3) is 0 Å². The summed E-state index contributed by atoms with van der Waals surface area (Å²) in [6.45, 7) is 10.1. The van der Waals surface area contributed by atoms with Crippen LogP contribution in [0.3, 0.4) is 0 Å². The van der Waals surface area contributed by atoms with E-state index in [1.165, 1.54) is 0 Å². The van der Waals surface area contributed by atoms with Crippen LogP contribution in [0.2, 0.25) is 0 Å². The molecule has 0 radical (unpaired) electrons. The van der Waals surface area contributed by atoms with Crippen LogP contribution < -0.4 is 25.6 Å². The van der Waals surface area contributed by atoms with Crippen molar-refractivity contribution in [2.45, 2.75) is 77.4 Å². The predicted molar refractivity (Wildman–Crippen MR) is 155 cm³/mol. The van der Waals surface area contributed by atoms with E-state index in [0.717, 1.165) is 4.90 Å². The quantitative estimate of drug-likeness (QED) is 0.365. The summed E-state index contributed by atoms with van der Waals surface area (Å²) in [4.78, 5) is 52.0. The van der Waals surface area contributed by atoms with E-state index in [1.807, 2.05) is 30.3 Å². The van der Waals surface area contributed by atoms with E-state index >= 15 is 0 Å². The first-order valence-corrected chi connectivity index (χ1v) is 13.7. The molecule has 1 heterocycles. The van der Waals surface area contributed by atoms with Gasteiger partial charge < -0.3 is 35.3 Å². The number of amides is 4. The fraction of sp³-hybridized carbons (Fsp3) is 0.467. The molecule has 2 aromatic carbocycles. The van der Waals surface area contributed by atoms with Crippen LogP contribution in [0.1, 0.15) is 48.0 Å². The molecule has 3 rings (SSSR count). The number of nitrogens with one attached hydrogen (secondary N) is 3. The molecule has 228 valence electrons. The van der Waals surface area contributed by atoms with E-state index < -0.39 is 53.4 Å². The highest BCUT2D eigenvalue weighted by Gasteiger charge is 2.38. The van der Waals surface area contributed by atoms with Crippen molar-refractivity contribution in [3.8, 4) is 11.5 Å². The van der Waals surface area contributed by atoms with Gasteiger partial charge in [0.25, 0.3) is 11.8 Å². The van der Waals surface area contributed by atoms with Gasteiger partial charge in [-0.2, -0.15) is 0 Å². The molecule has 0 aromatic heterocycles. The molecule has 3 atom stereocenters. The molecule has 0 aliphatic carbocycles. The molecule has 0 bridgehead atoms. The second-order valence-corrected chi connectivity index (χ2v) is 11.9. The minimum absolute atomic E-state index is 0.158. The number of ether oxygens (including phenoxy) is 3. The molecule has 0 spiro atoms. The van der Waals surface area contributed by atoms with Gasteiger partial charge in [0.15, 0.2) is 0 Å². The Morgan fingerprint density at radius 1 is 0.929 bits per heavy atom. The van der Waals surface area contributed by atoms with Crippen LogP contribution in [-0.2, 0) is 19.1 Å². The van der Waals surface area contributed by atoms with E-state index in [2.05, 4.69) is 16.0 Å². The number of aliphatic hydroxyl groups is 1. The lowest BCUT2D eigenvalue weighted by Crippen LogP contribution is -2.49. The Hall–Kier alpha value is -4.16. The highest BCUT2D eigenvalue weighted by atomic mass is 16.6. The Morgan fingerprint density at radius 2 is 1.52 bits per heavy atom. The highest BCUT2D eigenvalue weighted by Crippen LogP contribution is 2.27. The minimum Gasteiger partial charge on any atom is -0.457 e. The number of hydrogen-bond acceptors (Lipinski definition) is 9. The molecule has 1 aliphatic rings. The summed E-state index contributed by atoms with van der Waals surface area (Å²) < 4.78 is 16.4. The van der Waals surface area contributed by atoms with Crippen LogP contribution in [0, 0.1) is 0 Å². The molecule has 0 unspecified atom stereocenters. The second kappa shape index (κ2) is 13.7. The van der Waals surface area contributed by atoms with Gasteiger partial charge in [-0.3, -0.25) is 9.59 Å². The molecule has 2 aromatic rings. The number of hydrogen-bond donors (Lipinski definition) is 4. The SMILES string of the molecule is CC(C)(C)OC(=O)NC[C@H](O)C(=O)N[C@H]1CN[C@H](C(=O)N(C(=O)OC(C)(C)C)c2ccc(Oc3ccccc3)cc2)C1. The normalized spacial score (nSPS) is 17.5. The number of rotatable bonds is 8. The van der Waals surface area contributed by atoms with E-state index in [0.29, 0.717) is 11.5 Å². The summed E-state index contributed by atoms with van der Waals surface area (Å²) in [6.07, 6.45) is -2.97. The zero-order valence-corrected chi connectivity index (χ0v) is 24.8. The van der Waals surface area contributed by atoms with Crippen molar-refractivity contribution in [1.29, 1.82) is 0 Å². The third kappa shape index (κ3) is 10.0. The standard InChI is InChI=1S/C30H40N4O8/c1-29(2,3)41-27(38)32-18-24(35)25(36)33-19-16-23(31-17-19)26(37)34(28(39)42-30(4,5)6)20-12-14-22(15-13-20)40-21-10-8-7-9-11-21/h7-15,19,23-24,31,35H,16-18H2,1-6H3,(H,32,38)(H,33,36)/t19-,23+,24+/m1/s1. The molecule has 4 amide bonds. The zero-order valence-electron chi connectivity index (χ0n) is 24.8. The number of alkyl carbamates (subject to hydrolysis) is 1. The first-order valence-electron chi connectivity index (χ1n) is 13.7. The van der Waals surface area contributed by atoms with Crippen molar-refractivity contribution in [1.82, 2.24) is 16.0 Å². The largest absolute Gasteiger partial charge is 0.457 e. The van der Waals surface area contributed by atoms with E-state index in [4.69, 9.17) is 14.2 Å². The lowest BCUT2D eigenvalue weighted by molar-refractivity contribution is -0.129.